The van der Waals surface area contributed by atoms with Gasteiger partial charge in [-0.05, 0) is 43.5 Å². The second-order valence-electron chi connectivity index (χ2n) is 4.62. The number of amides is 1. The molecule has 0 radical (unpaired) electrons. The van der Waals surface area contributed by atoms with E-state index >= 15 is 0 Å². The van der Waals surface area contributed by atoms with E-state index in [9.17, 15) is 9.59 Å². The summed E-state index contributed by atoms with van der Waals surface area (Å²) in [5.41, 5.74) is 0.711. The highest BCUT2D eigenvalue weighted by Crippen LogP contribution is 2.23. The molecule has 0 aliphatic heterocycles. The first kappa shape index (κ1) is 15.1. The lowest BCUT2D eigenvalue weighted by Gasteiger charge is -2.11. The lowest BCUT2D eigenvalue weighted by Crippen LogP contribution is -2.14. The van der Waals surface area contributed by atoms with Gasteiger partial charge in [-0.1, -0.05) is 6.07 Å². The van der Waals surface area contributed by atoms with Crippen molar-refractivity contribution in [2.45, 2.75) is 20.0 Å². The minimum Gasteiger partial charge on any atom is -0.491 e. The molecule has 110 valence electrons. The Morgan fingerprint density at radius 1 is 1.29 bits per heavy atom. The van der Waals surface area contributed by atoms with Crippen LogP contribution in [0, 0.1) is 0 Å². The van der Waals surface area contributed by atoms with Gasteiger partial charge in [0.2, 0.25) is 0 Å². The predicted molar refractivity (Wildman–Crippen MR) is 81.4 cm³/mol. The predicted octanol–water partition coefficient (Wildman–Crippen LogP) is 3.49. The molecule has 6 heteroatoms. The fraction of sp³-hybridized carbons (Fsp3) is 0.200. The Morgan fingerprint density at radius 2 is 2.05 bits per heavy atom. The zero-order chi connectivity index (χ0) is 15.4. The Labute approximate surface area is 126 Å². The van der Waals surface area contributed by atoms with Gasteiger partial charge in [0.15, 0.2) is 0 Å². The molecule has 2 rings (SSSR count). The molecular weight excluding hydrogens is 290 g/mol. The van der Waals surface area contributed by atoms with E-state index in [0.29, 0.717) is 17.0 Å². The molecule has 0 bridgehead atoms. The number of ether oxygens (including phenoxy) is 1. The molecule has 1 aromatic heterocycles. The topological polar surface area (TPSA) is 75.6 Å². The van der Waals surface area contributed by atoms with Crippen LogP contribution in [0.25, 0.3) is 0 Å². The standard InChI is InChI=1S/C15H15NO4S/c1-9(2)20-11-5-3-4-10(8-11)14(17)16-12-6-7-21-13(12)15(18)19/h3-9H,1-2H3,(H,16,17)(H,18,19). The highest BCUT2D eigenvalue weighted by molar-refractivity contribution is 7.12. The van der Waals surface area contributed by atoms with Crippen molar-refractivity contribution < 1.29 is 19.4 Å². The van der Waals surface area contributed by atoms with Gasteiger partial charge in [0, 0.05) is 5.56 Å². The number of rotatable bonds is 5. The summed E-state index contributed by atoms with van der Waals surface area (Å²) in [5, 5.41) is 13.2. The van der Waals surface area contributed by atoms with Crippen LogP contribution in [0.2, 0.25) is 0 Å². The Morgan fingerprint density at radius 3 is 2.71 bits per heavy atom. The molecule has 0 saturated carbocycles. The summed E-state index contributed by atoms with van der Waals surface area (Å²) in [5.74, 6) is -0.830. The van der Waals surface area contributed by atoms with Crippen molar-refractivity contribution in [2.24, 2.45) is 0 Å². The monoisotopic (exact) mass is 305 g/mol. The first-order chi connectivity index (χ1) is 9.97. The molecule has 0 atom stereocenters. The summed E-state index contributed by atoms with van der Waals surface area (Å²) < 4.78 is 5.53. The number of hydrogen-bond donors (Lipinski definition) is 2. The molecular formula is C15H15NO4S. The van der Waals surface area contributed by atoms with Crippen molar-refractivity contribution in [1.29, 1.82) is 0 Å². The van der Waals surface area contributed by atoms with Gasteiger partial charge in [-0.3, -0.25) is 4.79 Å². The maximum absolute atomic E-state index is 12.2. The van der Waals surface area contributed by atoms with E-state index in [1.54, 1.807) is 35.7 Å². The van der Waals surface area contributed by atoms with E-state index in [1.165, 1.54) is 0 Å². The minimum atomic E-state index is -1.06. The molecule has 0 unspecified atom stereocenters. The second kappa shape index (κ2) is 6.41. The third kappa shape index (κ3) is 3.82. The van der Waals surface area contributed by atoms with Crippen molar-refractivity contribution in [3.63, 3.8) is 0 Å². The third-order valence-electron chi connectivity index (χ3n) is 2.58. The second-order valence-corrected chi connectivity index (χ2v) is 5.53. The van der Waals surface area contributed by atoms with E-state index < -0.39 is 5.97 Å². The van der Waals surface area contributed by atoms with E-state index in [2.05, 4.69) is 5.32 Å². The number of anilines is 1. The van der Waals surface area contributed by atoms with Crippen molar-refractivity contribution in [3.05, 3.63) is 46.2 Å². The van der Waals surface area contributed by atoms with E-state index in [4.69, 9.17) is 9.84 Å². The fourth-order valence-corrected chi connectivity index (χ4v) is 2.44. The van der Waals surface area contributed by atoms with Crippen LogP contribution < -0.4 is 10.1 Å². The Balaban J connectivity index is 2.17. The Hall–Kier alpha value is -2.34. The fourth-order valence-electron chi connectivity index (χ4n) is 1.75. The summed E-state index contributed by atoms with van der Waals surface area (Å²) in [6, 6.07) is 8.33. The largest absolute Gasteiger partial charge is 0.491 e. The van der Waals surface area contributed by atoms with Gasteiger partial charge in [0.25, 0.3) is 5.91 Å². The minimum absolute atomic E-state index is 0.0128. The van der Waals surface area contributed by atoms with Gasteiger partial charge in [-0.25, -0.2) is 4.79 Å². The first-order valence-corrected chi connectivity index (χ1v) is 7.24. The van der Waals surface area contributed by atoms with E-state index in [1.807, 2.05) is 13.8 Å². The number of carbonyl (C=O) groups is 2. The van der Waals surface area contributed by atoms with Gasteiger partial charge in [-0.2, -0.15) is 0 Å². The van der Waals surface area contributed by atoms with Crippen LogP contribution in [-0.4, -0.2) is 23.1 Å². The van der Waals surface area contributed by atoms with Crippen molar-refractivity contribution in [3.8, 4) is 5.75 Å². The number of nitrogens with one attached hydrogen (secondary N) is 1. The summed E-state index contributed by atoms with van der Waals surface area (Å²) in [6.45, 7) is 3.80. The van der Waals surface area contributed by atoms with Crippen LogP contribution in [0.5, 0.6) is 5.75 Å². The number of benzene rings is 1. The highest BCUT2D eigenvalue weighted by Gasteiger charge is 2.15. The molecule has 0 aliphatic carbocycles. The van der Waals surface area contributed by atoms with Crippen LogP contribution in [0.4, 0.5) is 5.69 Å². The molecule has 21 heavy (non-hydrogen) atoms. The Kier molecular flexibility index (Phi) is 4.59. The Bertz CT molecular complexity index is 663. The molecule has 2 aromatic rings. The highest BCUT2D eigenvalue weighted by atomic mass is 32.1. The molecule has 0 fully saturated rings. The number of thiophene rings is 1. The van der Waals surface area contributed by atoms with Crippen LogP contribution in [0.1, 0.15) is 33.9 Å². The zero-order valence-electron chi connectivity index (χ0n) is 11.6. The van der Waals surface area contributed by atoms with Gasteiger partial charge >= 0.3 is 5.97 Å². The number of carboxylic acid groups (broad SMARTS) is 1. The quantitative estimate of drug-likeness (QED) is 0.886. The van der Waals surface area contributed by atoms with Crippen LogP contribution in [-0.2, 0) is 0 Å². The van der Waals surface area contributed by atoms with Crippen molar-refractivity contribution in [2.75, 3.05) is 5.32 Å². The molecule has 0 spiro atoms. The van der Waals surface area contributed by atoms with Crippen LogP contribution in [0.15, 0.2) is 35.7 Å². The lowest BCUT2D eigenvalue weighted by atomic mass is 10.2. The van der Waals surface area contributed by atoms with Gasteiger partial charge in [-0.15, -0.1) is 11.3 Å². The van der Waals surface area contributed by atoms with Gasteiger partial charge in [0.05, 0.1) is 11.8 Å². The third-order valence-corrected chi connectivity index (χ3v) is 3.48. The number of aromatic carboxylic acids is 1. The van der Waals surface area contributed by atoms with Crippen LogP contribution in [0.3, 0.4) is 0 Å². The maximum atomic E-state index is 12.2. The number of carbonyl (C=O) groups excluding carboxylic acids is 1. The molecule has 1 aromatic carbocycles. The molecule has 1 amide bonds. The average molecular weight is 305 g/mol. The maximum Gasteiger partial charge on any atom is 0.348 e. The van der Waals surface area contributed by atoms with E-state index in [-0.39, 0.29) is 16.9 Å². The normalized spacial score (nSPS) is 10.4. The van der Waals surface area contributed by atoms with E-state index in [0.717, 1.165) is 11.3 Å². The molecule has 0 aliphatic rings. The smallest absolute Gasteiger partial charge is 0.348 e. The molecule has 0 saturated heterocycles. The van der Waals surface area contributed by atoms with Crippen molar-refractivity contribution in [1.82, 2.24) is 0 Å². The van der Waals surface area contributed by atoms with Gasteiger partial charge < -0.3 is 15.2 Å². The summed E-state index contributed by atoms with van der Waals surface area (Å²) in [6.07, 6.45) is 0.0128. The zero-order valence-corrected chi connectivity index (χ0v) is 12.4. The summed E-state index contributed by atoms with van der Waals surface area (Å²) >= 11 is 1.07. The average Bonchev–Trinajstić information content (AvgIpc) is 2.86. The van der Waals surface area contributed by atoms with Crippen molar-refractivity contribution >= 4 is 28.9 Å². The summed E-state index contributed by atoms with van der Waals surface area (Å²) in [7, 11) is 0. The van der Waals surface area contributed by atoms with Crippen LogP contribution >= 0.6 is 11.3 Å². The summed E-state index contributed by atoms with van der Waals surface area (Å²) in [4.78, 5) is 23.3. The first-order valence-electron chi connectivity index (χ1n) is 6.36. The number of carboxylic acids is 1. The number of hydrogen-bond acceptors (Lipinski definition) is 4. The van der Waals surface area contributed by atoms with Gasteiger partial charge in [0.1, 0.15) is 10.6 Å². The molecule has 2 N–H and O–H groups in total. The molecule has 1 heterocycles. The SMILES string of the molecule is CC(C)Oc1cccc(C(=O)Nc2ccsc2C(=O)O)c1. The lowest BCUT2D eigenvalue weighted by molar-refractivity contribution is 0.0703. The molecule has 5 nitrogen and oxygen atoms in total.